The molecule has 1 unspecified atom stereocenters. The summed E-state index contributed by atoms with van der Waals surface area (Å²) < 4.78 is 5.03. The van der Waals surface area contributed by atoms with E-state index in [-0.39, 0.29) is 23.9 Å². The van der Waals surface area contributed by atoms with Gasteiger partial charge in [0.25, 0.3) is 0 Å². The van der Waals surface area contributed by atoms with Crippen molar-refractivity contribution in [1.29, 1.82) is 0 Å². The molecular formula is C9H15NO3. The number of hydrogen-bond acceptors (Lipinski definition) is 3. The summed E-state index contributed by atoms with van der Waals surface area (Å²) in [7, 11) is 0. The molecule has 0 bridgehead atoms. The normalized spacial score (nSPS) is 22.7. The average molecular weight is 185 g/mol. The zero-order valence-corrected chi connectivity index (χ0v) is 8.00. The van der Waals surface area contributed by atoms with Crippen LogP contribution in [-0.2, 0) is 14.3 Å². The molecule has 1 heterocycles. The van der Waals surface area contributed by atoms with Gasteiger partial charge in [-0.05, 0) is 20.3 Å². The van der Waals surface area contributed by atoms with Crippen LogP contribution in [0.5, 0.6) is 0 Å². The Morgan fingerprint density at radius 1 is 1.62 bits per heavy atom. The summed E-state index contributed by atoms with van der Waals surface area (Å²) in [5.41, 5.74) is 0. The Hall–Kier alpha value is -1.06. The Labute approximate surface area is 77.6 Å². The van der Waals surface area contributed by atoms with Crippen molar-refractivity contribution in [1.82, 2.24) is 5.32 Å². The van der Waals surface area contributed by atoms with Crippen LogP contribution >= 0.6 is 0 Å². The highest BCUT2D eigenvalue weighted by molar-refractivity contribution is 5.81. The molecule has 1 rings (SSSR count). The maximum absolute atomic E-state index is 11.3. The third kappa shape index (κ3) is 3.05. The molecule has 4 nitrogen and oxygen atoms in total. The van der Waals surface area contributed by atoms with Crippen LogP contribution in [0.15, 0.2) is 0 Å². The van der Waals surface area contributed by atoms with Gasteiger partial charge < -0.3 is 10.1 Å². The molecule has 1 amide bonds. The number of carbonyl (C=O) groups excluding carboxylic acids is 2. The minimum Gasteiger partial charge on any atom is -0.463 e. The molecule has 0 aromatic rings. The van der Waals surface area contributed by atoms with Gasteiger partial charge in [-0.25, -0.2) is 0 Å². The largest absolute Gasteiger partial charge is 0.463 e. The maximum atomic E-state index is 11.3. The lowest BCUT2D eigenvalue weighted by Gasteiger charge is -2.21. The zero-order valence-electron chi connectivity index (χ0n) is 8.00. The summed E-state index contributed by atoms with van der Waals surface area (Å²) in [5, 5.41) is 2.65. The number of carbonyl (C=O) groups is 2. The summed E-state index contributed by atoms with van der Waals surface area (Å²) in [6.07, 6.45) is 0.958. The number of esters is 1. The summed E-state index contributed by atoms with van der Waals surface area (Å²) >= 11 is 0. The van der Waals surface area contributed by atoms with Gasteiger partial charge in [-0.2, -0.15) is 0 Å². The second-order valence-electron chi connectivity index (χ2n) is 3.53. The van der Waals surface area contributed by atoms with E-state index in [2.05, 4.69) is 5.32 Å². The van der Waals surface area contributed by atoms with Crippen molar-refractivity contribution in [3.05, 3.63) is 0 Å². The van der Waals surface area contributed by atoms with E-state index < -0.39 is 0 Å². The molecule has 0 aromatic heterocycles. The molecule has 1 atom stereocenters. The van der Waals surface area contributed by atoms with Crippen molar-refractivity contribution in [3.8, 4) is 0 Å². The van der Waals surface area contributed by atoms with Gasteiger partial charge in [0.05, 0.1) is 12.0 Å². The highest BCUT2D eigenvalue weighted by atomic mass is 16.5. The second kappa shape index (κ2) is 4.25. The number of hydrogen-bond donors (Lipinski definition) is 1. The molecule has 1 N–H and O–H groups in total. The van der Waals surface area contributed by atoms with Crippen LogP contribution in [-0.4, -0.2) is 24.5 Å². The zero-order chi connectivity index (χ0) is 9.84. The van der Waals surface area contributed by atoms with Crippen molar-refractivity contribution >= 4 is 11.9 Å². The average Bonchev–Trinajstić information content (AvgIpc) is 2.04. The smallest absolute Gasteiger partial charge is 0.310 e. The van der Waals surface area contributed by atoms with Crippen molar-refractivity contribution in [2.75, 3.05) is 6.54 Å². The molecule has 0 saturated carbocycles. The molecule has 1 aliphatic heterocycles. The fraction of sp³-hybridized carbons (Fsp3) is 0.778. The second-order valence-corrected chi connectivity index (χ2v) is 3.53. The van der Waals surface area contributed by atoms with E-state index in [0.717, 1.165) is 0 Å². The van der Waals surface area contributed by atoms with E-state index in [9.17, 15) is 9.59 Å². The maximum Gasteiger partial charge on any atom is 0.310 e. The first-order chi connectivity index (χ1) is 6.09. The van der Waals surface area contributed by atoms with Gasteiger partial charge in [-0.3, -0.25) is 9.59 Å². The molecule has 74 valence electrons. The molecular weight excluding hydrogens is 170 g/mol. The Morgan fingerprint density at radius 2 is 2.31 bits per heavy atom. The Balaban J connectivity index is 2.35. The first-order valence-electron chi connectivity index (χ1n) is 4.57. The number of piperidine rings is 1. The van der Waals surface area contributed by atoms with Gasteiger partial charge in [-0.1, -0.05) is 0 Å². The van der Waals surface area contributed by atoms with E-state index >= 15 is 0 Å². The molecule has 0 aliphatic carbocycles. The fourth-order valence-electron chi connectivity index (χ4n) is 1.26. The molecule has 13 heavy (non-hydrogen) atoms. The molecule has 1 aliphatic rings. The fourth-order valence-corrected chi connectivity index (χ4v) is 1.26. The highest BCUT2D eigenvalue weighted by Crippen LogP contribution is 2.13. The lowest BCUT2D eigenvalue weighted by Crippen LogP contribution is -2.39. The molecule has 4 heteroatoms. The van der Waals surface area contributed by atoms with Gasteiger partial charge in [0.15, 0.2) is 0 Å². The summed E-state index contributed by atoms with van der Waals surface area (Å²) in [4.78, 5) is 22.1. The van der Waals surface area contributed by atoms with Crippen LogP contribution in [0.1, 0.15) is 26.7 Å². The Bertz CT molecular complexity index is 203. The van der Waals surface area contributed by atoms with Crippen LogP contribution in [0, 0.1) is 5.92 Å². The number of nitrogens with one attached hydrogen (secondary N) is 1. The molecule has 0 radical (unpaired) electrons. The Kier molecular flexibility index (Phi) is 3.28. The van der Waals surface area contributed by atoms with E-state index in [4.69, 9.17) is 4.74 Å². The SMILES string of the molecule is CC(C)OC(=O)C1CCC(=O)NC1. The van der Waals surface area contributed by atoms with Crippen LogP contribution in [0.2, 0.25) is 0 Å². The molecule has 1 fully saturated rings. The third-order valence-corrected chi connectivity index (χ3v) is 1.95. The van der Waals surface area contributed by atoms with E-state index in [1.807, 2.05) is 13.8 Å². The molecule has 0 aromatic carbocycles. The molecule has 0 spiro atoms. The number of rotatable bonds is 2. The van der Waals surface area contributed by atoms with E-state index in [1.54, 1.807) is 0 Å². The highest BCUT2D eigenvalue weighted by Gasteiger charge is 2.25. The lowest BCUT2D eigenvalue weighted by atomic mass is 9.99. The van der Waals surface area contributed by atoms with Gasteiger partial charge in [0.2, 0.25) is 5.91 Å². The van der Waals surface area contributed by atoms with Gasteiger partial charge >= 0.3 is 5.97 Å². The van der Waals surface area contributed by atoms with Crippen LogP contribution in [0.3, 0.4) is 0 Å². The van der Waals surface area contributed by atoms with E-state index in [0.29, 0.717) is 19.4 Å². The standard InChI is InChI=1S/C9H15NO3/c1-6(2)13-9(12)7-3-4-8(11)10-5-7/h6-7H,3-5H2,1-2H3,(H,10,11). The van der Waals surface area contributed by atoms with Crippen LogP contribution in [0.25, 0.3) is 0 Å². The quantitative estimate of drug-likeness (QED) is 0.636. The lowest BCUT2D eigenvalue weighted by molar-refractivity contribution is -0.153. The summed E-state index contributed by atoms with van der Waals surface area (Å²) in [5.74, 6) is -0.330. The predicted octanol–water partition coefficient (Wildman–Crippen LogP) is 0.464. The van der Waals surface area contributed by atoms with Crippen molar-refractivity contribution in [2.45, 2.75) is 32.8 Å². The minimum absolute atomic E-state index is 0.0218. The van der Waals surface area contributed by atoms with Crippen molar-refractivity contribution in [3.63, 3.8) is 0 Å². The monoisotopic (exact) mass is 185 g/mol. The summed E-state index contributed by atoms with van der Waals surface area (Å²) in [6.45, 7) is 4.06. The van der Waals surface area contributed by atoms with Gasteiger partial charge in [0, 0.05) is 13.0 Å². The van der Waals surface area contributed by atoms with Crippen LogP contribution < -0.4 is 5.32 Å². The van der Waals surface area contributed by atoms with Gasteiger partial charge in [-0.15, -0.1) is 0 Å². The summed E-state index contributed by atoms with van der Waals surface area (Å²) in [6, 6.07) is 0. The minimum atomic E-state index is -0.199. The first-order valence-corrected chi connectivity index (χ1v) is 4.57. The van der Waals surface area contributed by atoms with Crippen molar-refractivity contribution in [2.24, 2.45) is 5.92 Å². The Morgan fingerprint density at radius 3 is 2.77 bits per heavy atom. The molecule has 1 saturated heterocycles. The predicted molar refractivity (Wildman–Crippen MR) is 47.0 cm³/mol. The topological polar surface area (TPSA) is 55.4 Å². The third-order valence-electron chi connectivity index (χ3n) is 1.95. The number of ether oxygens (including phenoxy) is 1. The van der Waals surface area contributed by atoms with Crippen LogP contribution in [0.4, 0.5) is 0 Å². The van der Waals surface area contributed by atoms with Gasteiger partial charge in [0.1, 0.15) is 0 Å². The number of amides is 1. The van der Waals surface area contributed by atoms with E-state index in [1.165, 1.54) is 0 Å². The first kappa shape index (κ1) is 10.0. The van der Waals surface area contributed by atoms with Crippen molar-refractivity contribution < 1.29 is 14.3 Å².